The second-order valence-electron chi connectivity index (χ2n) is 6.34. The Labute approximate surface area is 140 Å². The van der Waals surface area contributed by atoms with Crippen LogP contribution < -0.4 is 10.1 Å². The van der Waals surface area contributed by atoms with Gasteiger partial charge in [0.1, 0.15) is 11.4 Å². The van der Waals surface area contributed by atoms with Crippen LogP contribution in [0.3, 0.4) is 0 Å². The van der Waals surface area contributed by atoms with Gasteiger partial charge in [0.25, 0.3) is 5.91 Å². The topological polar surface area (TPSA) is 97.8 Å². The number of carbonyl (C=O) groups excluding carboxylic acids is 1. The van der Waals surface area contributed by atoms with Gasteiger partial charge in [-0.25, -0.2) is 4.79 Å². The summed E-state index contributed by atoms with van der Waals surface area (Å²) in [5.41, 5.74) is -1.11. The van der Waals surface area contributed by atoms with E-state index in [4.69, 9.17) is 9.47 Å². The highest BCUT2D eigenvalue weighted by atomic mass is 16.5. The summed E-state index contributed by atoms with van der Waals surface area (Å²) in [5, 5.41) is 12.0. The Morgan fingerprint density at radius 3 is 2.83 bits per heavy atom. The quantitative estimate of drug-likeness (QED) is 0.823. The van der Waals surface area contributed by atoms with Gasteiger partial charge >= 0.3 is 5.97 Å². The molecule has 24 heavy (non-hydrogen) atoms. The molecule has 0 radical (unpaired) electrons. The van der Waals surface area contributed by atoms with E-state index in [1.54, 1.807) is 12.1 Å². The number of carboxylic acids is 1. The van der Waals surface area contributed by atoms with Gasteiger partial charge in [0, 0.05) is 18.9 Å². The molecule has 1 atom stereocenters. The molecular formula is C17H22N2O5. The standard InChI is InChI=1S/C17H22N2O5/c20-15(19-11-17(16(21)22)7-3-9-23-17)14-10-13(6-8-18-14)24-12-4-1-2-5-12/h6,8,10,12H,1-5,7,9,11H2,(H,19,20)(H,21,22). The van der Waals surface area contributed by atoms with E-state index < -0.39 is 17.5 Å². The van der Waals surface area contributed by atoms with Gasteiger partial charge < -0.3 is 19.9 Å². The number of ether oxygens (including phenoxy) is 2. The second-order valence-corrected chi connectivity index (χ2v) is 6.34. The summed E-state index contributed by atoms with van der Waals surface area (Å²) in [4.78, 5) is 27.7. The molecule has 1 aliphatic heterocycles. The molecule has 3 rings (SSSR count). The summed E-state index contributed by atoms with van der Waals surface area (Å²) < 4.78 is 11.2. The van der Waals surface area contributed by atoms with E-state index in [-0.39, 0.29) is 18.3 Å². The molecular weight excluding hydrogens is 312 g/mol. The Bertz CT molecular complexity index is 607. The molecule has 2 N–H and O–H groups in total. The van der Waals surface area contributed by atoms with Crippen molar-refractivity contribution in [1.29, 1.82) is 0 Å². The fourth-order valence-electron chi connectivity index (χ4n) is 3.20. The van der Waals surface area contributed by atoms with Crippen molar-refractivity contribution in [3.8, 4) is 5.75 Å². The highest BCUT2D eigenvalue weighted by molar-refractivity contribution is 5.93. The molecule has 1 unspecified atom stereocenters. The molecule has 1 aromatic heterocycles. The zero-order chi connectivity index (χ0) is 17.0. The first-order valence-electron chi connectivity index (χ1n) is 8.37. The molecule has 7 nitrogen and oxygen atoms in total. The number of amides is 1. The summed E-state index contributed by atoms with van der Waals surface area (Å²) in [6.07, 6.45) is 7.18. The minimum atomic E-state index is -1.33. The van der Waals surface area contributed by atoms with Gasteiger partial charge in [-0.1, -0.05) is 0 Å². The van der Waals surface area contributed by atoms with Gasteiger partial charge in [0.05, 0.1) is 12.6 Å². The number of nitrogens with zero attached hydrogens (tertiary/aromatic N) is 1. The highest BCUT2D eigenvalue weighted by Crippen LogP contribution is 2.26. The fraction of sp³-hybridized carbons (Fsp3) is 0.588. The van der Waals surface area contributed by atoms with E-state index in [1.807, 2.05) is 0 Å². The van der Waals surface area contributed by atoms with Crippen LogP contribution in [-0.4, -0.2) is 46.8 Å². The fourth-order valence-corrected chi connectivity index (χ4v) is 3.20. The monoisotopic (exact) mass is 334 g/mol. The minimum absolute atomic E-state index is 0.0729. The molecule has 2 heterocycles. The van der Waals surface area contributed by atoms with E-state index in [0.29, 0.717) is 25.2 Å². The Morgan fingerprint density at radius 1 is 1.38 bits per heavy atom. The lowest BCUT2D eigenvalue weighted by molar-refractivity contribution is -0.159. The highest BCUT2D eigenvalue weighted by Gasteiger charge is 2.43. The van der Waals surface area contributed by atoms with Crippen LogP contribution in [0.4, 0.5) is 0 Å². The van der Waals surface area contributed by atoms with Crippen LogP contribution in [0, 0.1) is 0 Å². The molecule has 1 amide bonds. The number of aliphatic carboxylic acids is 1. The van der Waals surface area contributed by atoms with Crippen molar-refractivity contribution in [3.63, 3.8) is 0 Å². The number of aromatic nitrogens is 1. The minimum Gasteiger partial charge on any atom is -0.490 e. The maximum Gasteiger partial charge on any atom is 0.337 e. The molecule has 0 spiro atoms. The van der Waals surface area contributed by atoms with Crippen LogP contribution in [0.5, 0.6) is 5.75 Å². The summed E-state index contributed by atoms with van der Waals surface area (Å²) in [6.45, 7) is 0.321. The lowest BCUT2D eigenvalue weighted by Crippen LogP contribution is -2.48. The zero-order valence-electron chi connectivity index (χ0n) is 13.5. The molecule has 2 fully saturated rings. The summed E-state index contributed by atoms with van der Waals surface area (Å²) in [5.74, 6) is -0.860. The summed E-state index contributed by atoms with van der Waals surface area (Å²) in [6, 6.07) is 3.32. The van der Waals surface area contributed by atoms with Crippen molar-refractivity contribution < 1.29 is 24.2 Å². The van der Waals surface area contributed by atoms with Gasteiger partial charge in [-0.05, 0) is 44.6 Å². The molecule has 1 saturated carbocycles. The third kappa shape index (κ3) is 3.67. The van der Waals surface area contributed by atoms with Crippen LogP contribution >= 0.6 is 0 Å². The number of rotatable bonds is 6. The van der Waals surface area contributed by atoms with Crippen LogP contribution in [0.1, 0.15) is 49.0 Å². The predicted octanol–water partition coefficient (Wildman–Crippen LogP) is 1.77. The van der Waals surface area contributed by atoms with Crippen molar-refractivity contribution >= 4 is 11.9 Å². The lowest BCUT2D eigenvalue weighted by Gasteiger charge is -2.23. The van der Waals surface area contributed by atoms with Gasteiger partial charge in [-0.15, -0.1) is 0 Å². The van der Waals surface area contributed by atoms with Crippen LogP contribution in [0.15, 0.2) is 18.3 Å². The third-order valence-electron chi connectivity index (χ3n) is 4.60. The van der Waals surface area contributed by atoms with E-state index in [9.17, 15) is 14.7 Å². The Morgan fingerprint density at radius 2 is 2.17 bits per heavy atom. The van der Waals surface area contributed by atoms with Crippen molar-refractivity contribution in [2.75, 3.05) is 13.2 Å². The van der Waals surface area contributed by atoms with Crippen molar-refractivity contribution in [3.05, 3.63) is 24.0 Å². The molecule has 1 aliphatic carbocycles. The molecule has 0 aromatic carbocycles. The number of carbonyl (C=O) groups is 2. The number of pyridine rings is 1. The Kier molecular flexibility index (Phi) is 4.99. The second kappa shape index (κ2) is 7.17. The van der Waals surface area contributed by atoms with Crippen molar-refractivity contribution in [2.24, 2.45) is 0 Å². The first kappa shape index (κ1) is 16.7. The SMILES string of the molecule is O=C(NCC1(C(=O)O)CCCO1)c1cc(OC2CCCC2)ccn1. The number of nitrogens with one attached hydrogen (secondary N) is 1. The van der Waals surface area contributed by atoms with Gasteiger partial charge in [0.2, 0.25) is 0 Å². The van der Waals surface area contributed by atoms with Crippen LogP contribution in [-0.2, 0) is 9.53 Å². The average Bonchev–Trinajstić information content (AvgIpc) is 3.25. The van der Waals surface area contributed by atoms with Crippen LogP contribution in [0.25, 0.3) is 0 Å². The van der Waals surface area contributed by atoms with Gasteiger partial charge in [-0.2, -0.15) is 0 Å². The molecule has 1 aromatic rings. The van der Waals surface area contributed by atoms with E-state index in [1.165, 1.54) is 19.0 Å². The van der Waals surface area contributed by atoms with E-state index in [2.05, 4.69) is 10.3 Å². The molecule has 0 bridgehead atoms. The first-order chi connectivity index (χ1) is 11.6. The smallest absolute Gasteiger partial charge is 0.337 e. The summed E-state index contributed by atoms with van der Waals surface area (Å²) in [7, 11) is 0. The molecule has 130 valence electrons. The van der Waals surface area contributed by atoms with Crippen molar-refractivity contribution in [2.45, 2.75) is 50.2 Å². The predicted molar refractivity (Wildman–Crippen MR) is 85.0 cm³/mol. The van der Waals surface area contributed by atoms with Gasteiger partial charge in [0.15, 0.2) is 5.60 Å². The maximum absolute atomic E-state index is 12.3. The first-order valence-corrected chi connectivity index (χ1v) is 8.37. The molecule has 7 heteroatoms. The number of carboxylic acid groups (broad SMARTS) is 1. The van der Waals surface area contributed by atoms with E-state index >= 15 is 0 Å². The largest absolute Gasteiger partial charge is 0.490 e. The number of hydrogen-bond acceptors (Lipinski definition) is 5. The zero-order valence-corrected chi connectivity index (χ0v) is 13.5. The summed E-state index contributed by atoms with van der Waals surface area (Å²) >= 11 is 0. The lowest BCUT2D eigenvalue weighted by atomic mass is 10.0. The number of hydrogen-bond donors (Lipinski definition) is 2. The van der Waals surface area contributed by atoms with Gasteiger partial charge in [-0.3, -0.25) is 9.78 Å². The average molecular weight is 334 g/mol. The van der Waals surface area contributed by atoms with Crippen LogP contribution in [0.2, 0.25) is 0 Å². The maximum atomic E-state index is 12.3. The Hall–Kier alpha value is -2.15. The Balaban J connectivity index is 1.61. The normalized spacial score (nSPS) is 24.0. The third-order valence-corrected chi connectivity index (χ3v) is 4.60. The van der Waals surface area contributed by atoms with E-state index in [0.717, 1.165) is 12.8 Å². The molecule has 1 saturated heterocycles. The molecule has 2 aliphatic rings. The van der Waals surface area contributed by atoms with Crippen molar-refractivity contribution in [1.82, 2.24) is 10.3 Å².